The Morgan fingerprint density at radius 1 is 1.30 bits per heavy atom. The molecule has 1 saturated heterocycles. The van der Waals surface area contributed by atoms with Gasteiger partial charge in [0.05, 0.1) is 6.61 Å². The Hall–Kier alpha value is -2.61. The van der Waals surface area contributed by atoms with Crippen molar-refractivity contribution in [2.24, 2.45) is 11.8 Å². The first-order chi connectivity index (χ1) is 15.9. The van der Waals surface area contributed by atoms with E-state index < -0.39 is 0 Å². The van der Waals surface area contributed by atoms with Crippen molar-refractivity contribution in [1.82, 2.24) is 19.7 Å². The second kappa shape index (κ2) is 8.63. The van der Waals surface area contributed by atoms with Crippen molar-refractivity contribution < 1.29 is 19.1 Å². The first kappa shape index (κ1) is 22.2. The molecule has 2 unspecified atom stereocenters. The third kappa shape index (κ3) is 3.98. The Balaban J connectivity index is 1.27. The number of nitrogens with zero attached hydrogens (tertiary/aromatic N) is 4. The van der Waals surface area contributed by atoms with Crippen molar-refractivity contribution in [1.29, 1.82) is 0 Å². The number of carbonyl (C=O) groups is 2. The summed E-state index contributed by atoms with van der Waals surface area (Å²) in [5.74, 6) is 1.53. The van der Waals surface area contributed by atoms with Gasteiger partial charge in [-0.1, -0.05) is 18.5 Å². The van der Waals surface area contributed by atoms with E-state index in [4.69, 9.17) is 21.1 Å². The van der Waals surface area contributed by atoms with Crippen LogP contribution in [0.2, 0.25) is 5.02 Å². The Morgan fingerprint density at radius 3 is 2.85 bits per heavy atom. The molecule has 0 aromatic carbocycles. The number of amides is 1. The minimum atomic E-state index is -0.390. The van der Waals surface area contributed by atoms with Crippen molar-refractivity contribution in [3.63, 3.8) is 0 Å². The molecular weight excluding hydrogens is 444 g/mol. The fraction of sp³-hybridized carbons (Fsp3) is 0.583. The van der Waals surface area contributed by atoms with Crippen LogP contribution in [0.5, 0.6) is 5.88 Å². The maximum absolute atomic E-state index is 13.2. The summed E-state index contributed by atoms with van der Waals surface area (Å²) in [5, 5.41) is 5.04. The van der Waals surface area contributed by atoms with Gasteiger partial charge in [0.1, 0.15) is 17.7 Å². The number of likely N-dealkylation sites (tertiary alicyclic amines) is 1. The Morgan fingerprint density at radius 2 is 2.12 bits per heavy atom. The van der Waals surface area contributed by atoms with Crippen LogP contribution in [0.25, 0.3) is 0 Å². The first-order valence-electron chi connectivity index (χ1n) is 11.7. The molecule has 2 fully saturated rings. The van der Waals surface area contributed by atoms with E-state index in [1.807, 2.05) is 11.8 Å². The first-order valence-corrected chi connectivity index (χ1v) is 12.1. The van der Waals surface area contributed by atoms with Crippen LogP contribution in [0.15, 0.2) is 18.3 Å². The summed E-state index contributed by atoms with van der Waals surface area (Å²) in [5.41, 5.74) is 2.42. The van der Waals surface area contributed by atoms with Crippen LogP contribution in [0.3, 0.4) is 0 Å². The average Bonchev–Trinajstić information content (AvgIpc) is 3.10. The summed E-state index contributed by atoms with van der Waals surface area (Å²) in [4.78, 5) is 31.8. The summed E-state index contributed by atoms with van der Waals surface area (Å²) >= 11 is 6.17. The highest BCUT2D eigenvalue weighted by molar-refractivity contribution is 6.31. The number of esters is 1. The zero-order valence-corrected chi connectivity index (χ0v) is 19.9. The van der Waals surface area contributed by atoms with Crippen LogP contribution >= 0.6 is 11.6 Å². The number of fused-ring (bicyclic) bond motifs is 3. The monoisotopic (exact) mass is 472 g/mol. The Labute approximate surface area is 198 Å². The lowest BCUT2D eigenvalue weighted by Crippen LogP contribution is -2.48. The number of halogens is 1. The van der Waals surface area contributed by atoms with Gasteiger partial charge in [-0.05, 0) is 50.2 Å². The van der Waals surface area contributed by atoms with E-state index in [1.54, 1.807) is 29.9 Å². The number of carbonyl (C=O) groups excluding carboxylic acids is 2. The minimum Gasteiger partial charge on any atom is -0.473 e. The summed E-state index contributed by atoms with van der Waals surface area (Å²) in [6, 6.07) is 3.53. The molecule has 2 aromatic rings. The van der Waals surface area contributed by atoms with Crippen molar-refractivity contribution in [2.75, 3.05) is 13.2 Å². The highest BCUT2D eigenvalue weighted by atomic mass is 35.5. The van der Waals surface area contributed by atoms with Gasteiger partial charge in [-0.25, -0.2) is 9.78 Å². The van der Waals surface area contributed by atoms with Crippen molar-refractivity contribution in [3.05, 3.63) is 40.3 Å². The molecule has 9 heteroatoms. The average molecular weight is 473 g/mol. The summed E-state index contributed by atoms with van der Waals surface area (Å²) in [6.07, 6.45) is 3.88. The molecule has 1 amide bonds. The molecule has 176 valence electrons. The Kier molecular flexibility index (Phi) is 5.80. The molecule has 3 heterocycles. The number of pyridine rings is 1. The molecule has 1 aliphatic heterocycles. The predicted octanol–water partition coefficient (Wildman–Crippen LogP) is 3.47. The zero-order valence-electron chi connectivity index (χ0n) is 19.2. The zero-order chi connectivity index (χ0) is 23.3. The molecule has 2 aliphatic carbocycles. The normalized spacial score (nSPS) is 27.6. The van der Waals surface area contributed by atoms with Crippen LogP contribution in [-0.2, 0) is 22.5 Å². The third-order valence-corrected chi connectivity index (χ3v) is 7.62. The summed E-state index contributed by atoms with van der Waals surface area (Å²) in [6.45, 7) is 7.06. The lowest BCUT2D eigenvalue weighted by Gasteiger charge is -2.37. The van der Waals surface area contributed by atoms with Gasteiger partial charge in [0.2, 0.25) is 11.8 Å². The second-order valence-electron chi connectivity index (χ2n) is 9.33. The maximum atomic E-state index is 13.2. The molecule has 0 N–H and O–H groups in total. The van der Waals surface area contributed by atoms with Gasteiger partial charge in [-0.3, -0.25) is 9.48 Å². The molecule has 0 bridgehead atoms. The van der Waals surface area contributed by atoms with Gasteiger partial charge in [0, 0.05) is 42.9 Å². The largest absolute Gasteiger partial charge is 0.473 e. The van der Waals surface area contributed by atoms with Gasteiger partial charge < -0.3 is 14.4 Å². The van der Waals surface area contributed by atoms with Crippen molar-refractivity contribution in [3.8, 4) is 5.88 Å². The summed E-state index contributed by atoms with van der Waals surface area (Å²) < 4.78 is 13.0. The van der Waals surface area contributed by atoms with Gasteiger partial charge in [0.15, 0.2) is 5.69 Å². The van der Waals surface area contributed by atoms with E-state index >= 15 is 0 Å². The topological polar surface area (TPSA) is 86.5 Å². The van der Waals surface area contributed by atoms with E-state index in [0.717, 1.165) is 17.7 Å². The highest BCUT2D eigenvalue weighted by Gasteiger charge is 2.56. The van der Waals surface area contributed by atoms with E-state index in [-0.39, 0.29) is 30.6 Å². The molecular formula is C24H29ClN4O4. The van der Waals surface area contributed by atoms with Crippen LogP contribution in [0.4, 0.5) is 0 Å². The molecule has 3 aliphatic rings. The molecule has 33 heavy (non-hydrogen) atoms. The number of rotatable bonds is 6. The van der Waals surface area contributed by atoms with Gasteiger partial charge in [-0.15, -0.1) is 0 Å². The molecule has 2 aromatic heterocycles. The van der Waals surface area contributed by atoms with Gasteiger partial charge >= 0.3 is 5.97 Å². The SMILES string of the molecule is CCOC(=O)c1nn(CC(=O)N2CC[C@@H](Oc3ncccc3Cl)C[C@H]2C)c2c1C1C(C2)[C@H]1C. The fourth-order valence-electron chi connectivity index (χ4n) is 5.56. The standard InChI is InChI=1S/C24H29ClN4O4/c1-4-32-24(31)22-21-18(11-16-14(3)20(16)21)29(27-22)12-19(30)28-9-7-15(10-13(28)2)33-23-17(25)6-5-8-26-23/h5-6,8,13-16,20H,4,7,9-12H2,1-3H3/t13-,14-,15-,16?,20?/m1/s1. The van der Waals surface area contributed by atoms with Crippen LogP contribution in [0, 0.1) is 11.8 Å². The quantitative estimate of drug-likeness (QED) is 0.598. The molecule has 0 radical (unpaired) electrons. The van der Waals surface area contributed by atoms with E-state index in [9.17, 15) is 9.59 Å². The van der Waals surface area contributed by atoms with E-state index in [1.165, 1.54) is 0 Å². The van der Waals surface area contributed by atoms with Crippen LogP contribution in [-0.4, -0.2) is 56.8 Å². The number of hydrogen-bond acceptors (Lipinski definition) is 6. The maximum Gasteiger partial charge on any atom is 0.359 e. The second-order valence-corrected chi connectivity index (χ2v) is 9.74. The number of hydrogen-bond donors (Lipinski definition) is 0. The lowest BCUT2D eigenvalue weighted by atomic mass is 10.0. The van der Waals surface area contributed by atoms with Gasteiger partial charge in [-0.2, -0.15) is 5.10 Å². The predicted molar refractivity (Wildman–Crippen MR) is 121 cm³/mol. The molecule has 5 atom stereocenters. The smallest absolute Gasteiger partial charge is 0.359 e. The molecule has 8 nitrogen and oxygen atoms in total. The van der Waals surface area contributed by atoms with Crippen molar-refractivity contribution >= 4 is 23.5 Å². The highest BCUT2D eigenvalue weighted by Crippen LogP contribution is 2.62. The minimum absolute atomic E-state index is 0.00569. The molecule has 0 spiro atoms. The van der Waals surface area contributed by atoms with Crippen LogP contribution in [0.1, 0.15) is 61.3 Å². The molecule has 5 rings (SSSR count). The number of ether oxygens (including phenoxy) is 2. The van der Waals surface area contributed by atoms with E-state index in [0.29, 0.717) is 60.3 Å². The van der Waals surface area contributed by atoms with Crippen molar-refractivity contribution in [2.45, 2.75) is 64.6 Å². The number of piperidine rings is 1. The summed E-state index contributed by atoms with van der Waals surface area (Å²) in [7, 11) is 0. The number of aromatic nitrogens is 3. The van der Waals surface area contributed by atoms with Crippen LogP contribution < -0.4 is 4.74 Å². The third-order valence-electron chi connectivity index (χ3n) is 7.33. The Bertz CT molecular complexity index is 1090. The van der Waals surface area contributed by atoms with E-state index in [2.05, 4.69) is 17.0 Å². The fourth-order valence-corrected chi connectivity index (χ4v) is 5.72. The molecule has 1 saturated carbocycles. The lowest BCUT2D eigenvalue weighted by molar-refractivity contribution is -0.136. The van der Waals surface area contributed by atoms with Gasteiger partial charge in [0.25, 0.3) is 0 Å².